The molecule has 1 rings (SSSR count). The van der Waals surface area contributed by atoms with Crippen molar-refractivity contribution in [3.05, 3.63) is 53.6 Å². The van der Waals surface area contributed by atoms with E-state index in [1.54, 1.807) is 18.2 Å². The summed E-state index contributed by atoms with van der Waals surface area (Å²) in [6.07, 6.45) is 1.59. The molecule has 0 amide bonds. The Bertz CT molecular complexity index is 407. The second kappa shape index (κ2) is 4.52. The number of benzene rings is 1. The van der Waals surface area contributed by atoms with Crippen molar-refractivity contribution in [3.8, 4) is 0 Å². The first-order valence-corrected chi connectivity index (χ1v) is 5.16. The number of rotatable bonds is 2. The van der Waals surface area contributed by atoms with Gasteiger partial charge in [0.1, 0.15) is 11.6 Å². The number of aliphatic hydroxyl groups excluding tert-OH is 1. The standard InChI is InChI=1S/C14H17FO/c1-10(14(2,3)4)13(16)9-11-5-7-12(15)8-6-11/h5-9,16H,1H2,2-4H3. The summed E-state index contributed by atoms with van der Waals surface area (Å²) in [5, 5.41) is 9.84. The molecule has 0 saturated heterocycles. The minimum Gasteiger partial charge on any atom is -0.508 e. The Labute approximate surface area is 95.9 Å². The Kier molecular flexibility index (Phi) is 3.53. The van der Waals surface area contributed by atoms with Crippen molar-refractivity contribution in [2.45, 2.75) is 20.8 Å². The highest BCUT2D eigenvalue weighted by atomic mass is 19.1. The Morgan fingerprint density at radius 1 is 1.25 bits per heavy atom. The first-order chi connectivity index (χ1) is 7.30. The van der Waals surface area contributed by atoms with Crippen LogP contribution in [0.15, 0.2) is 42.2 Å². The molecule has 0 aliphatic heterocycles. The average molecular weight is 220 g/mol. The molecule has 0 spiro atoms. The Morgan fingerprint density at radius 3 is 2.19 bits per heavy atom. The van der Waals surface area contributed by atoms with Crippen LogP contribution in [0.2, 0.25) is 0 Å². The summed E-state index contributed by atoms with van der Waals surface area (Å²) < 4.78 is 12.7. The van der Waals surface area contributed by atoms with Crippen LogP contribution in [0, 0.1) is 11.2 Å². The van der Waals surface area contributed by atoms with E-state index in [0.717, 1.165) is 5.56 Å². The molecule has 1 N–H and O–H groups in total. The lowest BCUT2D eigenvalue weighted by atomic mass is 9.86. The fourth-order valence-electron chi connectivity index (χ4n) is 1.19. The van der Waals surface area contributed by atoms with Crippen LogP contribution in [0.5, 0.6) is 0 Å². The van der Waals surface area contributed by atoms with Gasteiger partial charge in [0.25, 0.3) is 0 Å². The zero-order valence-corrected chi connectivity index (χ0v) is 9.92. The molecule has 0 radical (unpaired) electrons. The third kappa shape index (κ3) is 3.23. The summed E-state index contributed by atoms with van der Waals surface area (Å²) in [4.78, 5) is 0. The first-order valence-electron chi connectivity index (χ1n) is 5.16. The molecule has 0 atom stereocenters. The number of hydrogen-bond acceptors (Lipinski definition) is 1. The van der Waals surface area contributed by atoms with Gasteiger partial charge in [-0.15, -0.1) is 0 Å². The minimum absolute atomic E-state index is 0.138. The zero-order valence-electron chi connectivity index (χ0n) is 9.92. The van der Waals surface area contributed by atoms with Crippen LogP contribution in [0.1, 0.15) is 26.3 Å². The average Bonchev–Trinajstić information content (AvgIpc) is 2.19. The van der Waals surface area contributed by atoms with Crippen molar-refractivity contribution in [1.29, 1.82) is 0 Å². The Hall–Kier alpha value is -1.57. The van der Waals surface area contributed by atoms with E-state index in [1.165, 1.54) is 12.1 Å². The fraction of sp³-hybridized carbons (Fsp3) is 0.286. The predicted molar refractivity (Wildman–Crippen MR) is 65.6 cm³/mol. The number of aliphatic hydroxyl groups is 1. The summed E-state index contributed by atoms with van der Waals surface area (Å²) in [5.41, 5.74) is 1.24. The van der Waals surface area contributed by atoms with E-state index in [4.69, 9.17) is 0 Å². The van der Waals surface area contributed by atoms with Crippen LogP contribution >= 0.6 is 0 Å². The van der Waals surface area contributed by atoms with E-state index in [-0.39, 0.29) is 17.0 Å². The molecule has 1 aromatic carbocycles. The van der Waals surface area contributed by atoms with E-state index >= 15 is 0 Å². The number of hydrogen-bond donors (Lipinski definition) is 1. The predicted octanol–water partition coefficient (Wildman–Crippen LogP) is 4.33. The van der Waals surface area contributed by atoms with Crippen LogP contribution in [0.3, 0.4) is 0 Å². The third-order valence-corrected chi connectivity index (χ3v) is 2.39. The molecule has 0 aromatic heterocycles. The van der Waals surface area contributed by atoms with Crippen molar-refractivity contribution < 1.29 is 9.50 Å². The van der Waals surface area contributed by atoms with Gasteiger partial charge in [-0.2, -0.15) is 0 Å². The summed E-state index contributed by atoms with van der Waals surface area (Å²) in [6, 6.07) is 5.95. The molecule has 1 nitrogen and oxygen atoms in total. The van der Waals surface area contributed by atoms with Gasteiger partial charge >= 0.3 is 0 Å². The molecule has 0 bridgehead atoms. The first kappa shape index (κ1) is 12.5. The monoisotopic (exact) mass is 220 g/mol. The lowest BCUT2D eigenvalue weighted by Gasteiger charge is -2.21. The molecule has 0 unspecified atom stereocenters. The Morgan fingerprint density at radius 2 is 1.75 bits per heavy atom. The molecule has 0 heterocycles. The molecule has 86 valence electrons. The molecule has 0 aliphatic carbocycles. The van der Waals surface area contributed by atoms with Gasteiger partial charge < -0.3 is 5.11 Å². The quantitative estimate of drug-likeness (QED) is 0.581. The van der Waals surface area contributed by atoms with Gasteiger partial charge in [-0.3, -0.25) is 0 Å². The maximum absolute atomic E-state index is 12.7. The van der Waals surface area contributed by atoms with Crippen molar-refractivity contribution in [3.63, 3.8) is 0 Å². The van der Waals surface area contributed by atoms with Gasteiger partial charge in [0.2, 0.25) is 0 Å². The lowest BCUT2D eigenvalue weighted by molar-refractivity contribution is 0.384. The summed E-state index contributed by atoms with van der Waals surface area (Å²) >= 11 is 0. The van der Waals surface area contributed by atoms with Crippen LogP contribution in [-0.4, -0.2) is 5.11 Å². The largest absolute Gasteiger partial charge is 0.508 e. The van der Waals surface area contributed by atoms with E-state index in [2.05, 4.69) is 6.58 Å². The van der Waals surface area contributed by atoms with Crippen LogP contribution in [0.25, 0.3) is 6.08 Å². The van der Waals surface area contributed by atoms with Crippen LogP contribution in [-0.2, 0) is 0 Å². The molecule has 0 fully saturated rings. The second-order valence-electron chi connectivity index (χ2n) is 4.81. The fourth-order valence-corrected chi connectivity index (χ4v) is 1.19. The summed E-state index contributed by atoms with van der Waals surface area (Å²) in [7, 11) is 0. The summed E-state index contributed by atoms with van der Waals surface area (Å²) in [5.74, 6) is -0.148. The van der Waals surface area contributed by atoms with E-state index < -0.39 is 0 Å². The van der Waals surface area contributed by atoms with Gasteiger partial charge in [-0.1, -0.05) is 39.5 Å². The maximum atomic E-state index is 12.7. The van der Waals surface area contributed by atoms with Crippen molar-refractivity contribution in [2.75, 3.05) is 0 Å². The summed E-state index contributed by atoms with van der Waals surface area (Å²) in [6.45, 7) is 9.78. The van der Waals surface area contributed by atoms with Crippen molar-refractivity contribution >= 4 is 6.08 Å². The third-order valence-electron chi connectivity index (χ3n) is 2.39. The van der Waals surface area contributed by atoms with Gasteiger partial charge in [0.15, 0.2) is 0 Å². The highest BCUT2D eigenvalue weighted by molar-refractivity contribution is 5.56. The van der Waals surface area contributed by atoms with Crippen LogP contribution < -0.4 is 0 Å². The second-order valence-corrected chi connectivity index (χ2v) is 4.81. The van der Waals surface area contributed by atoms with E-state index in [9.17, 15) is 9.50 Å². The lowest BCUT2D eigenvalue weighted by Crippen LogP contribution is -2.10. The minimum atomic E-state index is -0.286. The topological polar surface area (TPSA) is 20.2 Å². The number of halogens is 1. The van der Waals surface area contributed by atoms with Crippen molar-refractivity contribution in [2.24, 2.45) is 5.41 Å². The van der Waals surface area contributed by atoms with Gasteiger partial charge in [0.05, 0.1) is 0 Å². The molecular weight excluding hydrogens is 203 g/mol. The molecule has 1 aromatic rings. The van der Waals surface area contributed by atoms with E-state index in [1.807, 2.05) is 20.8 Å². The van der Waals surface area contributed by atoms with Crippen molar-refractivity contribution in [1.82, 2.24) is 0 Å². The highest BCUT2D eigenvalue weighted by Gasteiger charge is 2.17. The van der Waals surface area contributed by atoms with Gasteiger partial charge in [-0.05, 0) is 34.8 Å². The van der Waals surface area contributed by atoms with Crippen LogP contribution in [0.4, 0.5) is 4.39 Å². The highest BCUT2D eigenvalue weighted by Crippen LogP contribution is 2.29. The maximum Gasteiger partial charge on any atom is 0.123 e. The molecule has 16 heavy (non-hydrogen) atoms. The Balaban J connectivity index is 2.93. The molecular formula is C14H17FO. The molecule has 2 heteroatoms. The molecule has 0 aliphatic rings. The van der Waals surface area contributed by atoms with Gasteiger partial charge in [0, 0.05) is 0 Å². The molecule has 0 saturated carbocycles. The smallest absolute Gasteiger partial charge is 0.123 e. The zero-order chi connectivity index (χ0) is 12.3. The number of allylic oxidation sites excluding steroid dienone is 1. The van der Waals surface area contributed by atoms with Gasteiger partial charge in [-0.25, -0.2) is 4.39 Å². The van der Waals surface area contributed by atoms with E-state index in [0.29, 0.717) is 5.57 Å². The normalized spacial score (nSPS) is 12.6. The SMILES string of the molecule is C=C(C(O)=Cc1ccc(F)cc1)C(C)(C)C.